The van der Waals surface area contributed by atoms with Crippen molar-refractivity contribution in [3.63, 3.8) is 0 Å². The van der Waals surface area contributed by atoms with Crippen LogP contribution in [0.25, 0.3) is 10.9 Å². The number of piperazine rings is 1. The third kappa shape index (κ3) is 6.57. The Morgan fingerprint density at radius 2 is 1.63 bits per heavy atom. The minimum Gasteiger partial charge on any atom is -0.439 e. The van der Waals surface area contributed by atoms with E-state index in [1.165, 1.54) is 23.7 Å². The summed E-state index contributed by atoms with van der Waals surface area (Å²) in [5, 5.41) is 0.846. The van der Waals surface area contributed by atoms with Crippen molar-refractivity contribution in [2.24, 2.45) is 7.05 Å². The number of alkyl halides is 3. The molecule has 9 nitrogen and oxygen atoms in total. The van der Waals surface area contributed by atoms with E-state index in [1.807, 2.05) is 46.8 Å². The minimum absolute atomic E-state index is 0.0167. The van der Waals surface area contributed by atoms with Gasteiger partial charge in [0.25, 0.3) is 11.8 Å². The van der Waals surface area contributed by atoms with Gasteiger partial charge in [-0.3, -0.25) is 19.5 Å². The second-order valence-electron chi connectivity index (χ2n) is 11.1. The molecule has 0 N–H and O–H groups in total. The number of fused-ring (bicyclic) bond motifs is 1. The van der Waals surface area contributed by atoms with E-state index in [2.05, 4.69) is 14.9 Å². The Hall–Kier alpha value is -5.23. The highest BCUT2D eigenvalue weighted by Gasteiger charge is 2.30. The lowest BCUT2D eigenvalue weighted by Gasteiger charge is -2.34. The van der Waals surface area contributed by atoms with Crippen LogP contribution in [0.5, 0.6) is 11.6 Å². The maximum atomic E-state index is 13.5. The van der Waals surface area contributed by atoms with Gasteiger partial charge in [0.15, 0.2) is 0 Å². The van der Waals surface area contributed by atoms with Crippen molar-refractivity contribution in [1.82, 2.24) is 24.3 Å². The quantitative estimate of drug-likeness (QED) is 0.220. The Morgan fingerprint density at radius 1 is 0.913 bits per heavy atom. The number of aryl methyl sites for hydroxylation is 1. The summed E-state index contributed by atoms with van der Waals surface area (Å²) in [5.74, 6) is 0.319. The number of carbonyl (C=O) groups excluding carboxylic acids is 2. The first-order valence-corrected chi connectivity index (χ1v) is 14.7. The van der Waals surface area contributed by atoms with Gasteiger partial charge >= 0.3 is 6.18 Å². The van der Waals surface area contributed by atoms with E-state index in [0.29, 0.717) is 30.2 Å². The summed E-state index contributed by atoms with van der Waals surface area (Å²) < 4.78 is 46.4. The number of hydrogen-bond acceptors (Lipinski definition) is 6. The summed E-state index contributed by atoms with van der Waals surface area (Å²) >= 11 is 0. The highest BCUT2D eigenvalue weighted by molar-refractivity contribution is 6.05. The average molecular weight is 629 g/mol. The van der Waals surface area contributed by atoms with E-state index in [0.717, 1.165) is 54.8 Å². The molecule has 1 fully saturated rings. The minimum atomic E-state index is -4.48. The second kappa shape index (κ2) is 12.6. The molecule has 3 aromatic heterocycles. The fourth-order valence-corrected chi connectivity index (χ4v) is 5.48. The first kappa shape index (κ1) is 30.8. The lowest BCUT2D eigenvalue weighted by atomic mass is 10.1. The van der Waals surface area contributed by atoms with Gasteiger partial charge in [0.1, 0.15) is 11.4 Å². The summed E-state index contributed by atoms with van der Waals surface area (Å²) in [6, 6.07) is 18.7. The Bertz CT molecular complexity index is 1850. The largest absolute Gasteiger partial charge is 0.439 e. The van der Waals surface area contributed by atoms with Gasteiger partial charge in [0.2, 0.25) is 5.88 Å². The maximum absolute atomic E-state index is 13.5. The van der Waals surface area contributed by atoms with Crippen molar-refractivity contribution < 1.29 is 27.5 Å². The van der Waals surface area contributed by atoms with Crippen LogP contribution in [0, 0.1) is 0 Å². The third-order valence-electron chi connectivity index (χ3n) is 8.14. The molecule has 236 valence electrons. The Labute approximate surface area is 263 Å². The Balaban J connectivity index is 1.08. The Kier molecular flexibility index (Phi) is 8.46. The summed E-state index contributed by atoms with van der Waals surface area (Å²) in [6.45, 7) is 3.71. The summed E-state index contributed by atoms with van der Waals surface area (Å²) in [4.78, 5) is 40.2. The number of amides is 2. The van der Waals surface area contributed by atoms with Crippen LogP contribution in [0.3, 0.4) is 0 Å². The van der Waals surface area contributed by atoms with E-state index in [1.54, 1.807) is 30.6 Å². The number of ether oxygens (including phenoxy) is 1. The highest BCUT2D eigenvalue weighted by atomic mass is 19.4. The predicted octanol–water partition coefficient (Wildman–Crippen LogP) is 6.01. The van der Waals surface area contributed by atoms with Gasteiger partial charge in [-0.2, -0.15) is 13.2 Å². The van der Waals surface area contributed by atoms with Gasteiger partial charge in [-0.25, -0.2) is 4.98 Å². The van der Waals surface area contributed by atoms with Gasteiger partial charge < -0.3 is 19.1 Å². The molecule has 0 aliphatic carbocycles. The van der Waals surface area contributed by atoms with Crippen LogP contribution >= 0.6 is 0 Å². The van der Waals surface area contributed by atoms with Gasteiger partial charge in [-0.1, -0.05) is 0 Å². The number of pyridine rings is 2. The zero-order valence-electron chi connectivity index (χ0n) is 25.2. The Morgan fingerprint density at radius 3 is 2.28 bits per heavy atom. The molecule has 1 aliphatic rings. The molecule has 4 heterocycles. The van der Waals surface area contributed by atoms with Crippen LogP contribution in [0.4, 0.5) is 18.9 Å². The number of aromatic nitrogens is 3. The van der Waals surface area contributed by atoms with E-state index in [-0.39, 0.29) is 17.4 Å². The van der Waals surface area contributed by atoms with Crippen molar-refractivity contribution in [3.05, 3.63) is 114 Å². The summed E-state index contributed by atoms with van der Waals surface area (Å²) in [6.07, 6.45) is 0.555. The summed E-state index contributed by atoms with van der Waals surface area (Å²) in [7, 11) is 3.39. The SMILES string of the molecule is CN(C(=O)c1ccc(C(F)(F)F)cc1)c1ccc(Oc2ccc3c(c2)cc(C(=O)N2CCN(Cc4ccncc4)CC2)n3C)nc1. The van der Waals surface area contributed by atoms with E-state index < -0.39 is 17.6 Å². The van der Waals surface area contributed by atoms with Crippen molar-refractivity contribution in [3.8, 4) is 11.6 Å². The molecular weight excluding hydrogens is 597 g/mol. The molecule has 2 aromatic carbocycles. The van der Waals surface area contributed by atoms with Crippen LogP contribution in [-0.2, 0) is 19.8 Å². The molecule has 0 bridgehead atoms. The molecule has 1 aliphatic heterocycles. The number of carbonyl (C=O) groups is 2. The molecule has 0 radical (unpaired) electrons. The predicted molar refractivity (Wildman–Crippen MR) is 167 cm³/mol. The first-order chi connectivity index (χ1) is 22.1. The number of anilines is 1. The lowest BCUT2D eigenvalue weighted by Crippen LogP contribution is -2.48. The van der Waals surface area contributed by atoms with Crippen LogP contribution in [0.2, 0.25) is 0 Å². The zero-order valence-corrected chi connectivity index (χ0v) is 25.2. The monoisotopic (exact) mass is 628 g/mol. The first-order valence-electron chi connectivity index (χ1n) is 14.7. The van der Waals surface area contributed by atoms with Crippen molar-refractivity contribution in [1.29, 1.82) is 0 Å². The topological polar surface area (TPSA) is 83.8 Å². The van der Waals surface area contributed by atoms with Gasteiger partial charge in [-0.15, -0.1) is 0 Å². The number of nitrogens with zero attached hydrogens (tertiary/aromatic N) is 6. The lowest BCUT2D eigenvalue weighted by molar-refractivity contribution is -0.137. The van der Waals surface area contributed by atoms with E-state index >= 15 is 0 Å². The van der Waals surface area contributed by atoms with Gasteiger partial charge in [0, 0.05) is 81.7 Å². The van der Waals surface area contributed by atoms with Gasteiger partial charge in [0.05, 0.1) is 17.4 Å². The molecule has 0 unspecified atom stereocenters. The average Bonchev–Trinajstić information content (AvgIpc) is 3.39. The van der Waals surface area contributed by atoms with Crippen LogP contribution in [0.15, 0.2) is 91.4 Å². The van der Waals surface area contributed by atoms with Crippen LogP contribution in [-0.4, -0.2) is 69.4 Å². The zero-order chi connectivity index (χ0) is 32.4. The maximum Gasteiger partial charge on any atom is 0.416 e. The third-order valence-corrected chi connectivity index (χ3v) is 8.14. The molecule has 12 heteroatoms. The smallest absolute Gasteiger partial charge is 0.416 e. The molecule has 6 rings (SSSR count). The van der Waals surface area contributed by atoms with E-state index in [4.69, 9.17) is 4.74 Å². The second-order valence-corrected chi connectivity index (χ2v) is 11.1. The fraction of sp³-hybridized carbons (Fsp3) is 0.235. The highest BCUT2D eigenvalue weighted by Crippen LogP contribution is 2.30. The summed E-state index contributed by atoms with van der Waals surface area (Å²) in [5.41, 5.74) is 2.42. The van der Waals surface area contributed by atoms with Crippen LogP contribution < -0.4 is 9.64 Å². The van der Waals surface area contributed by atoms with Crippen molar-refractivity contribution in [2.45, 2.75) is 12.7 Å². The standard InChI is InChI=1S/C34H31F3N6O3/c1-40(32(44)24-3-5-26(6-4-24)34(35,36)37)27-7-10-31(39-21-27)46-28-8-9-29-25(19-28)20-30(41(29)2)33(45)43-17-15-42(16-18-43)22-23-11-13-38-14-12-23/h3-14,19-21H,15-18,22H2,1-2H3. The number of benzene rings is 2. The molecule has 46 heavy (non-hydrogen) atoms. The van der Waals surface area contributed by atoms with Gasteiger partial charge in [-0.05, 0) is 72.3 Å². The molecule has 2 amide bonds. The fourth-order valence-electron chi connectivity index (χ4n) is 5.48. The molecule has 0 spiro atoms. The molecule has 0 saturated carbocycles. The molecular formula is C34H31F3N6O3. The van der Waals surface area contributed by atoms with Crippen molar-refractivity contribution in [2.75, 3.05) is 38.1 Å². The molecule has 1 saturated heterocycles. The molecule has 5 aromatic rings. The van der Waals surface area contributed by atoms with E-state index in [9.17, 15) is 22.8 Å². The van der Waals surface area contributed by atoms with Crippen molar-refractivity contribution >= 4 is 28.4 Å². The number of rotatable bonds is 7. The number of hydrogen-bond donors (Lipinski definition) is 0. The van der Waals surface area contributed by atoms with Crippen LogP contribution in [0.1, 0.15) is 32.0 Å². The number of halogens is 3. The normalized spacial score (nSPS) is 14.0. The molecule has 0 atom stereocenters.